The molecule has 0 rings (SSSR count). The second-order valence-corrected chi connectivity index (χ2v) is 3.84. The van der Waals surface area contributed by atoms with Gasteiger partial charge in [0.1, 0.15) is 12.1 Å². The van der Waals surface area contributed by atoms with Crippen LogP contribution >= 0.6 is 0 Å². The number of carboxylic acids is 1. The zero-order valence-corrected chi connectivity index (χ0v) is 9.56. The Bertz CT molecular complexity index is 327. The highest BCUT2D eigenvalue weighted by Gasteiger charge is 2.30. The van der Waals surface area contributed by atoms with Crippen molar-refractivity contribution in [2.45, 2.75) is 50.5 Å². The zero-order chi connectivity index (χ0) is 13.1. The maximum atomic E-state index is 10.4. The first-order valence-corrected chi connectivity index (χ1v) is 5.49. The van der Waals surface area contributed by atoms with Gasteiger partial charge in [0.05, 0.1) is 0 Å². The van der Waals surface area contributed by atoms with E-state index in [0.29, 0.717) is 12.8 Å². The molecule has 1 N–H and O–H groups in total. The molecule has 6 heteroatoms. The van der Waals surface area contributed by atoms with Crippen molar-refractivity contribution in [2.75, 3.05) is 0 Å². The van der Waals surface area contributed by atoms with Crippen LogP contribution in [0.2, 0.25) is 0 Å². The van der Waals surface area contributed by atoms with Crippen LogP contribution in [0.5, 0.6) is 0 Å². The molecule has 0 heterocycles. The number of carbonyl (C=O) groups is 1. The molecule has 0 aromatic heterocycles. The van der Waals surface area contributed by atoms with Gasteiger partial charge in [-0.3, -0.25) is 4.79 Å². The van der Waals surface area contributed by atoms with Crippen LogP contribution in [0.25, 0.3) is 0 Å². The number of rotatable bonds is 9. The Morgan fingerprint density at radius 1 is 1.12 bits per heavy atom. The van der Waals surface area contributed by atoms with Crippen molar-refractivity contribution in [1.29, 1.82) is 10.5 Å². The molecule has 0 saturated carbocycles. The minimum atomic E-state index is -1.75. The van der Waals surface area contributed by atoms with Gasteiger partial charge in [-0.2, -0.15) is 10.5 Å². The van der Waals surface area contributed by atoms with E-state index in [9.17, 15) is 9.70 Å². The Labute approximate surface area is 99.8 Å². The molecule has 0 amide bonds. The van der Waals surface area contributed by atoms with Crippen LogP contribution in [0.4, 0.5) is 0 Å². The first-order chi connectivity index (χ1) is 8.10. The number of nitrogens with zero attached hydrogens (tertiary/aromatic N) is 3. The molecule has 17 heavy (non-hydrogen) atoms. The van der Waals surface area contributed by atoms with Crippen LogP contribution in [-0.2, 0) is 4.79 Å². The van der Waals surface area contributed by atoms with Crippen molar-refractivity contribution >= 4 is 5.97 Å². The van der Waals surface area contributed by atoms with E-state index in [-0.39, 0.29) is 12.8 Å². The van der Waals surface area contributed by atoms with Gasteiger partial charge in [-0.15, -0.1) is 4.91 Å². The Balaban J connectivity index is 3.65. The van der Waals surface area contributed by atoms with E-state index in [1.54, 1.807) is 12.1 Å². The fourth-order valence-electron chi connectivity index (χ4n) is 1.41. The van der Waals surface area contributed by atoms with Gasteiger partial charge in [0.15, 0.2) is 0 Å². The van der Waals surface area contributed by atoms with Crippen molar-refractivity contribution < 1.29 is 9.90 Å². The molecule has 0 bridgehead atoms. The normalized spacial score (nSPS) is 10.2. The predicted molar refractivity (Wildman–Crippen MR) is 59.7 cm³/mol. The lowest BCUT2D eigenvalue weighted by Crippen LogP contribution is -2.20. The highest BCUT2D eigenvalue weighted by Crippen LogP contribution is 2.18. The third-order valence-electron chi connectivity index (χ3n) is 2.45. The largest absolute Gasteiger partial charge is 0.481 e. The first-order valence-electron chi connectivity index (χ1n) is 5.49. The summed E-state index contributed by atoms with van der Waals surface area (Å²) in [5, 5.41) is 28.3. The average molecular weight is 237 g/mol. The van der Waals surface area contributed by atoms with Crippen molar-refractivity contribution in [3.05, 3.63) is 4.91 Å². The number of unbranched alkanes of at least 4 members (excludes halogenated alkanes) is 4. The van der Waals surface area contributed by atoms with Gasteiger partial charge in [0.2, 0.25) is 0 Å². The minimum absolute atomic E-state index is 0.141. The molecule has 6 nitrogen and oxygen atoms in total. The lowest BCUT2D eigenvalue weighted by Gasteiger charge is -2.08. The van der Waals surface area contributed by atoms with Gasteiger partial charge in [0.25, 0.3) is 5.54 Å². The van der Waals surface area contributed by atoms with Gasteiger partial charge in [-0.25, -0.2) is 0 Å². The van der Waals surface area contributed by atoms with E-state index < -0.39 is 11.5 Å². The predicted octanol–water partition coefficient (Wildman–Crippen LogP) is 2.35. The van der Waals surface area contributed by atoms with Crippen molar-refractivity contribution in [3.8, 4) is 12.1 Å². The molecular formula is C11H15N3O3. The van der Waals surface area contributed by atoms with Gasteiger partial charge >= 0.3 is 5.97 Å². The van der Waals surface area contributed by atoms with Crippen molar-refractivity contribution in [1.82, 2.24) is 0 Å². The fraction of sp³-hybridized carbons (Fsp3) is 0.727. The van der Waals surface area contributed by atoms with Gasteiger partial charge in [0, 0.05) is 12.8 Å². The summed E-state index contributed by atoms with van der Waals surface area (Å²) in [6.45, 7) is 0. The average Bonchev–Trinajstić information content (AvgIpc) is 2.33. The van der Waals surface area contributed by atoms with Gasteiger partial charge in [-0.1, -0.05) is 19.3 Å². The lowest BCUT2D eigenvalue weighted by molar-refractivity contribution is -0.137. The van der Waals surface area contributed by atoms with Crippen LogP contribution in [0.15, 0.2) is 5.18 Å². The van der Waals surface area contributed by atoms with E-state index in [2.05, 4.69) is 5.18 Å². The van der Waals surface area contributed by atoms with Crippen LogP contribution in [0.3, 0.4) is 0 Å². The molecule has 0 saturated heterocycles. The first kappa shape index (κ1) is 15.0. The SMILES string of the molecule is N#CC(C#N)(CCCCCCCC(=O)O)N=O. The number of aliphatic carboxylic acids is 1. The summed E-state index contributed by atoms with van der Waals surface area (Å²) in [6, 6.07) is 3.23. The smallest absolute Gasteiger partial charge is 0.303 e. The molecule has 0 aromatic rings. The van der Waals surface area contributed by atoms with Crippen LogP contribution in [0, 0.1) is 27.6 Å². The number of carboxylic acid groups (broad SMARTS) is 1. The molecule has 0 atom stereocenters. The Morgan fingerprint density at radius 3 is 2.12 bits per heavy atom. The van der Waals surface area contributed by atoms with Crippen LogP contribution in [0.1, 0.15) is 44.9 Å². The molecule has 0 spiro atoms. The second-order valence-electron chi connectivity index (χ2n) is 3.84. The summed E-state index contributed by atoms with van der Waals surface area (Å²) in [7, 11) is 0. The molecule has 0 aliphatic carbocycles. The summed E-state index contributed by atoms with van der Waals surface area (Å²) < 4.78 is 0. The Hall–Kier alpha value is -1.95. The van der Waals surface area contributed by atoms with E-state index in [4.69, 9.17) is 15.6 Å². The molecule has 0 fully saturated rings. The highest BCUT2D eigenvalue weighted by atomic mass is 16.4. The van der Waals surface area contributed by atoms with E-state index in [1.807, 2.05) is 0 Å². The standard InChI is InChI=1S/C11H15N3O3/c12-8-11(9-13,14-17)7-5-3-1-2-4-6-10(15)16/h1-7H2,(H,15,16). The molecule has 0 unspecified atom stereocenters. The topological polar surface area (TPSA) is 114 Å². The summed E-state index contributed by atoms with van der Waals surface area (Å²) in [5.41, 5.74) is -1.75. The van der Waals surface area contributed by atoms with Crippen molar-refractivity contribution in [3.63, 3.8) is 0 Å². The third-order valence-corrected chi connectivity index (χ3v) is 2.45. The summed E-state index contributed by atoms with van der Waals surface area (Å²) >= 11 is 0. The molecule has 0 radical (unpaired) electrons. The maximum Gasteiger partial charge on any atom is 0.303 e. The molecule has 92 valence electrons. The lowest BCUT2D eigenvalue weighted by atomic mass is 9.96. The van der Waals surface area contributed by atoms with Crippen LogP contribution < -0.4 is 0 Å². The number of nitroso groups, excluding NO2 is 1. The monoisotopic (exact) mass is 237 g/mol. The number of nitriles is 2. The minimum Gasteiger partial charge on any atom is -0.481 e. The molecule has 0 aliphatic heterocycles. The summed E-state index contributed by atoms with van der Waals surface area (Å²) in [5.74, 6) is -0.803. The summed E-state index contributed by atoms with van der Waals surface area (Å²) in [6.07, 6.45) is 3.90. The fourth-order valence-corrected chi connectivity index (χ4v) is 1.41. The molecular weight excluding hydrogens is 222 g/mol. The van der Waals surface area contributed by atoms with Gasteiger partial charge < -0.3 is 5.11 Å². The van der Waals surface area contributed by atoms with E-state index >= 15 is 0 Å². The second kappa shape index (κ2) is 8.23. The highest BCUT2D eigenvalue weighted by molar-refractivity contribution is 5.66. The number of hydrogen-bond donors (Lipinski definition) is 1. The van der Waals surface area contributed by atoms with Gasteiger partial charge in [-0.05, 0) is 18.0 Å². The van der Waals surface area contributed by atoms with Crippen molar-refractivity contribution in [2.24, 2.45) is 5.18 Å². The zero-order valence-electron chi connectivity index (χ0n) is 9.56. The quantitative estimate of drug-likeness (QED) is 0.488. The third kappa shape index (κ3) is 6.26. The Morgan fingerprint density at radius 2 is 1.65 bits per heavy atom. The Kier molecular flexibility index (Phi) is 7.29. The maximum absolute atomic E-state index is 10.4. The van der Waals surface area contributed by atoms with Crippen LogP contribution in [-0.4, -0.2) is 16.6 Å². The van der Waals surface area contributed by atoms with E-state index in [1.165, 1.54) is 0 Å². The van der Waals surface area contributed by atoms with E-state index in [0.717, 1.165) is 19.3 Å². The molecule has 0 aromatic carbocycles. The number of hydrogen-bond acceptors (Lipinski definition) is 5. The summed E-state index contributed by atoms with van der Waals surface area (Å²) in [4.78, 5) is 20.6. The molecule has 0 aliphatic rings.